The van der Waals surface area contributed by atoms with Gasteiger partial charge in [0.1, 0.15) is 5.60 Å². The van der Waals surface area contributed by atoms with E-state index in [1.54, 1.807) is 20.8 Å². The molecule has 0 aliphatic rings. The lowest BCUT2D eigenvalue weighted by Gasteiger charge is -2.25. The number of alkyl halides is 3. The van der Waals surface area contributed by atoms with E-state index in [0.29, 0.717) is 0 Å². The van der Waals surface area contributed by atoms with Gasteiger partial charge in [-0.2, -0.15) is 13.2 Å². The molecule has 0 radical (unpaired) electrons. The van der Waals surface area contributed by atoms with Gasteiger partial charge in [0.05, 0.1) is 5.56 Å². The summed E-state index contributed by atoms with van der Waals surface area (Å²) in [4.78, 5) is 23.3. The molecule has 1 unspecified atom stereocenters. The molecule has 8 heteroatoms. The molecular formula is C16H20F3NO4. The second-order valence-electron chi connectivity index (χ2n) is 6.37. The van der Waals surface area contributed by atoms with Crippen molar-refractivity contribution in [3.8, 4) is 0 Å². The highest BCUT2D eigenvalue weighted by molar-refractivity contribution is 5.95. The third-order valence-electron chi connectivity index (χ3n) is 3.13. The van der Waals surface area contributed by atoms with Gasteiger partial charge in [0.2, 0.25) is 0 Å². The van der Waals surface area contributed by atoms with Crippen molar-refractivity contribution in [1.29, 1.82) is 0 Å². The van der Waals surface area contributed by atoms with Crippen molar-refractivity contribution in [3.63, 3.8) is 0 Å². The summed E-state index contributed by atoms with van der Waals surface area (Å²) < 4.78 is 44.0. The molecule has 2 atom stereocenters. The van der Waals surface area contributed by atoms with Crippen LogP contribution in [0.25, 0.3) is 0 Å². The molecule has 0 aliphatic heterocycles. The minimum atomic E-state index is -4.60. The van der Waals surface area contributed by atoms with Crippen LogP contribution in [0.2, 0.25) is 0 Å². The van der Waals surface area contributed by atoms with Gasteiger partial charge in [-0.1, -0.05) is 18.2 Å². The number of halogens is 3. The molecule has 3 N–H and O–H groups in total. The van der Waals surface area contributed by atoms with Crippen LogP contribution < -0.4 is 5.73 Å². The Kier molecular flexibility index (Phi) is 5.99. The van der Waals surface area contributed by atoms with Gasteiger partial charge in [-0.05, 0) is 38.8 Å². The van der Waals surface area contributed by atoms with Gasteiger partial charge in [-0.15, -0.1) is 0 Å². The van der Waals surface area contributed by atoms with E-state index in [4.69, 9.17) is 10.5 Å². The summed E-state index contributed by atoms with van der Waals surface area (Å²) in [6.45, 7) is 4.65. The van der Waals surface area contributed by atoms with Gasteiger partial charge in [0, 0.05) is 6.04 Å². The average Bonchev–Trinajstić information content (AvgIpc) is 2.35. The lowest BCUT2D eigenvalue weighted by Crippen LogP contribution is -2.45. The van der Waals surface area contributed by atoms with E-state index in [0.717, 1.165) is 6.07 Å². The zero-order valence-electron chi connectivity index (χ0n) is 13.6. The van der Waals surface area contributed by atoms with Crippen LogP contribution in [0, 0.1) is 5.92 Å². The SMILES string of the molecule is CC(C)(C)OC(=O)[C@H](C(=O)O)C(N)Cc1ccccc1C(F)(F)F. The molecule has 0 fully saturated rings. The van der Waals surface area contributed by atoms with Gasteiger partial charge in [-0.25, -0.2) is 0 Å². The van der Waals surface area contributed by atoms with Crippen LogP contribution in [-0.2, 0) is 26.9 Å². The van der Waals surface area contributed by atoms with Gasteiger partial charge in [-0.3, -0.25) is 9.59 Å². The number of carbonyl (C=O) groups excluding carboxylic acids is 1. The standard InChI is InChI=1S/C16H20F3NO4/c1-15(2,3)24-14(23)12(13(21)22)11(20)8-9-6-4-5-7-10(9)16(17,18)19/h4-7,11-12H,8,20H2,1-3H3,(H,21,22)/t11?,12-/m0/s1. The Hall–Kier alpha value is -2.09. The monoisotopic (exact) mass is 347 g/mol. The van der Waals surface area contributed by atoms with Crippen molar-refractivity contribution >= 4 is 11.9 Å². The second-order valence-corrected chi connectivity index (χ2v) is 6.37. The summed E-state index contributed by atoms with van der Waals surface area (Å²) in [5.74, 6) is -4.38. The van der Waals surface area contributed by atoms with Gasteiger partial charge < -0.3 is 15.6 Å². The lowest BCUT2D eigenvalue weighted by atomic mass is 9.91. The summed E-state index contributed by atoms with van der Waals surface area (Å²) in [6.07, 6.45) is -5.02. The summed E-state index contributed by atoms with van der Waals surface area (Å²) in [6, 6.07) is 3.34. The van der Waals surface area contributed by atoms with Crippen molar-refractivity contribution in [1.82, 2.24) is 0 Å². The van der Waals surface area contributed by atoms with Gasteiger partial charge in [0.25, 0.3) is 0 Å². The first-order chi connectivity index (χ1) is 10.8. The van der Waals surface area contributed by atoms with Crippen LogP contribution in [0.5, 0.6) is 0 Å². The van der Waals surface area contributed by atoms with E-state index in [-0.39, 0.29) is 5.56 Å². The third kappa shape index (κ3) is 5.52. The van der Waals surface area contributed by atoms with E-state index in [2.05, 4.69) is 0 Å². The Labute approximate surface area is 137 Å². The lowest BCUT2D eigenvalue weighted by molar-refractivity contribution is -0.167. The zero-order valence-corrected chi connectivity index (χ0v) is 13.6. The van der Waals surface area contributed by atoms with E-state index in [1.165, 1.54) is 18.2 Å². The Morgan fingerprint density at radius 3 is 2.21 bits per heavy atom. The first kappa shape index (κ1) is 20.0. The summed E-state index contributed by atoms with van der Waals surface area (Å²) in [5.41, 5.74) is 3.72. The maximum absolute atomic E-state index is 13.0. The Balaban J connectivity index is 3.05. The van der Waals surface area contributed by atoms with Crippen molar-refractivity contribution in [2.75, 3.05) is 0 Å². The largest absolute Gasteiger partial charge is 0.481 e. The van der Waals surface area contributed by atoms with Crippen LogP contribution in [0.3, 0.4) is 0 Å². The molecule has 5 nitrogen and oxygen atoms in total. The number of nitrogens with two attached hydrogens (primary N) is 1. The second kappa shape index (κ2) is 7.21. The number of hydrogen-bond donors (Lipinski definition) is 2. The fraction of sp³-hybridized carbons (Fsp3) is 0.500. The Bertz CT molecular complexity index is 608. The number of carbonyl (C=O) groups is 2. The van der Waals surface area contributed by atoms with E-state index in [1.807, 2.05) is 0 Å². The highest BCUT2D eigenvalue weighted by Gasteiger charge is 2.38. The van der Waals surface area contributed by atoms with Crippen molar-refractivity contribution in [2.24, 2.45) is 11.7 Å². The molecule has 0 heterocycles. The number of ether oxygens (including phenoxy) is 1. The molecule has 24 heavy (non-hydrogen) atoms. The highest BCUT2D eigenvalue weighted by Crippen LogP contribution is 2.32. The number of rotatable bonds is 5. The summed E-state index contributed by atoms with van der Waals surface area (Å²) >= 11 is 0. The molecule has 1 rings (SSSR count). The van der Waals surface area contributed by atoms with Gasteiger partial charge >= 0.3 is 18.1 Å². The fourth-order valence-corrected chi connectivity index (χ4v) is 2.17. The molecule has 0 aliphatic carbocycles. The van der Waals surface area contributed by atoms with E-state index < -0.39 is 47.7 Å². The third-order valence-corrected chi connectivity index (χ3v) is 3.13. The number of aliphatic carboxylic acids is 1. The normalized spacial score (nSPS) is 14.8. The number of carboxylic acid groups (broad SMARTS) is 1. The summed E-state index contributed by atoms with van der Waals surface area (Å²) in [7, 11) is 0. The first-order valence-corrected chi connectivity index (χ1v) is 7.19. The molecule has 0 aromatic heterocycles. The average molecular weight is 347 g/mol. The maximum Gasteiger partial charge on any atom is 0.416 e. The highest BCUT2D eigenvalue weighted by atomic mass is 19.4. The number of carboxylic acids is 1. The predicted molar refractivity (Wildman–Crippen MR) is 80.1 cm³/mol. The fourth-order valence-electron chi connectivity index (χ4n) is 2.17. The molecule has 134 valence electrons. The van der Waals surface area contributed by atoms with Crippen molar-refractivity contribution in [2.45, 2.75) is 45.0 Å². The zero-order chi connectivity index (χ0) is 18.7. The minimum absolute atomic E-state index is 0.174. The first-order valence-electron chi connectivity index (χ1n) is 7.19. The van der Waals surface area contributed by atoms with Gasteiger partial charge in [0.15, 0.2) is 5.92 Å². The molecule has 0 saturated heterocycles. The molecule has 1 aromatic carbocycles. The van der Waals surface area contributed by atoms with Crippen LogP contribution >= 0.6 is 0 Å². The Morgan fingerprint density at radius 2 is 1.75 bits per heavy atom. The quantitative estimate of drug-likeness (QED) is 0.631. The number of benzene rings is 1. The Morgan fingerprint density at radius 1 is 1.21 bits per heavy atom. The molecule has 1 aromatic rings. The molecule has 0 spiro atoms. The van der Waals surface area contributed by atoms with Crippen molar-refractivity contribution < 1.29 is 32.6 Å². The molecule has 0 amide bonds. The molecular weight excluding hydrogens is 327 g/mol. The minimum Gasteiger partial charge on any atom is -0.481 e. The maximum atomic E-state index is 13.0. The molecule has 0 bridgehead atoms. The van der Waals surface area contributed by atoms with E-state index >= 15 is 0 Å². The predicted octanol–water partition coefficient (Wildman–Crippen LogP) is 2.62. The number of esters is 1. The topological polar surface area (TPSA) is 89.6 Å². The smallest absolute Gasteiger partial charge is 0.416 e. The van der Waals surface area contributed by atoms with Crippen LogP contribution in [0.1, 0.15) is 31.9 Å². The van der Waals surface area contributed by atoms with Crippen molar-refractivity contribution in [3.05, 3.63) is 35.4 Å². The van der Waals surface area contributed by atoms with Crippen LogP contribution in [0.4, 0.5) is 13.2 Å². The number of hydrogen-bond acceptors (Lipinski definition) is 4. The van der Waals surface area contributed by atoms with E-state index in [9.17, 15) is 27.9 Å². The van der Waals surface area contributed by atoms with Crippen LogP contribution in [-0.4, -0.2) is 28.7 Å². The van der Waals surface area contributed by atoms with Crippen LogP contribution in [0.15, 0.2) is 24.3 Å². The summed E-state index contributed by atoms with van der Waals surface area (Å²) in [5, 5.41) is 9.22. The molecule has 0 saturated carbocycles.